The molecule has 0 aromatic carbocycles. The lowest BCUT2D eigenvalue weighted by Crippen LogP contribution is -2.46. The molecule has 0 radical (unpaired) electrons. The van der Waals surface area contributed by atoms with E-state index in [1.54, 1.807) is 0 Å². The van der Waals surface area contributed by atoms with E-state index in [0.29, 0.717) is 0 Å². The number of rotatable bonds is 0. The fourth-order valence-electron chi connectivity index (χ4n) is 2.64. The van der Waals surface area contributed by atoms with Crippen molar-refractivity contribution < 1.29 is 10.4 Å². The van der Waals surface area contributed by atoms with Crippen LogP contribution in [-0.4, -0.2) is 95.8 Å². The Balaban J connectivity index is 1.95. The first-order chi connectivity index (χ1) is 8.74. The molecule has 0 aromatic rings. The summed E-state index contributed by atoms with van der Waals surface area (Å²) in [5.74, 6) is 0. The van der Waals surface area contributed by atoms with Crippen molar-refractivity contribution >= 4 is 0 Å². The lowest BCUT2D eigenvalue weighted by atomic mass is 10.2. The van der Waals surface area contributed by atoms with Gasteiger partial charge in [-0.25, -0.2) is 0 Å². The van der Waals surface area contributed by atoms with Crippen LogP contribution < -0.4 is 0 Å². The Bertz CT molecular complexity index is 218. The third-order valence-electron chi connectivity index (χ3n) is 3.86. The van der Waals surface area contributed by atoms with Crippen LogP contribution in [0.4, 0.5) is 0 Å². The second kappa shape index (κ2) is 7.37. The summed E-state index contributed by atoms with van der Waals surface area (Å²) >= 11 is 0. The van der Waals surface area contributed by atoms with Crippen molar-refractivity contribution in [2.24, 2.45) is 0 Å². The van der Waals surface area contributed by atoms with Gasteiger partial charge in [-0.3, -0.25) is 0 Å². The fraction of sp³-hybridized carbons (Fsp3) is 1.00. The van der Waals surface area contributed by atoms with Crippen LogP contribution in [0.3, 0.4) is 0 Å². The molecule has 18 heavy (non-hydrogen) atoms. The van der Waals surface area contributed by atoms with Crippen LogP contribution in [0.1, 0.15) is 12.8 Å². The summed E-state index contributed by atoms with van der Waals surface area (Å²) < 4.78 is 0. The SMILES string of the molecule is ON1CCCN2CCN(O)CCCN(CC1)CC2. The van der Waals surface area contributed by atoms with Gasteiger partial charge >= 0.3 is 0 Å². The van der Waals surface area contributed by atoms with Crippen molar-refractivity contribution in [1.29, 1.82) is 0 Å². The lowest BCUT2D eigenvalue weighted by molar-refractivity contribution is -0.110. The van der Waals surface area contributed by atoms with Crippen LogP contribution in [0.2, 0.25) is 0 Å². The zero-order valence-corrected chi connectivity index (χ0v) is 11.2. The van der Waals surface area contributed by atoms with Crippen LogP contribution in [0.15, 0.2) is 0 Å². The van der Waals surface area contributed by atoms with Gasteiger partial charge in [0.1, 0.15) is 0 Å². The van der Waals surface area contributed by atoms with Gasteiger partial charge in [-0.05, 0) is 25.9 Å². The van der Waals surface area contributed by atoms with Crippen LogP contribution in [0.5, 0.6) is 0 Å². The monoisotopic (exact) mass is 258 g/mol. The van der Waals surface area contributed by atoms with Crippen molar-refractivity contribution in [1.82, 2.24) is 19.9 Å². The van der Waals surface area contributed by atoms with Crippen LogP contribution in [-0.2, 0) is 0 Å². The molecule has 0 saturated carbocycles. The molecule has 2 unspecified atom stereocenters. The van der Waals surface area contributed by atoms with Crippen LogP contribution in [0, 0.1) is 0 Å². The molecule has 2 N–H and O–H groups in total. The summed E-state index contributed by atoms with van der Waals surface area (Å²) in [4.78, 5) is 4.78. The molecule has 2 atom stereocenters. The Labute approximate surface area is 109 Å². The van der Waals surface area contributed by atoms with Gasteiger partial charge in [0.2, 0.25) is 0 Å². The summed E-state index contributed by atoms with van der Waals surface area (Å²) in [6, 6.07) is 0. The molecule has 0 aliphatic carbocycles. The molecule has 2 bridgehead atoms. The average Bonchev–Trinajstić information content (AvgIpc) is 2.37. The third-order valence-corrected chi connectivity index (χ3v) is 3.86. The van der Waals surface area contributed by atoms with Gasteiger partial charge in [0, 0.05) is 52.4 Å². The van der Waals surface area contributed by atoms with E-state index in [0.717, 1.165) is 78.3 Å². The molecule has 6 nitrogen and oxygen atoms in total. The molecule has 0 aromatic heterocycles. The zero-order chi connectivity index (χ0) is 12.8. The van der Waals surface area contributed by atoms with E-state index in [2.05, 4.69) is 9.80 Å². The Kier molecular flexibility index (Phi) is 5.81. The molecule has 2 heterocycles. The first kappa shape index (κ1) is 14.2. The summed E-state index contributed by atoms with van der Waals surface area (Å²) in [6.07, 6.45) is 1.98. The van der Waals surface area contributed by atoms with Crippen molar-refractivity contribution in [3.63, 3.8) is 0 Å². The highest BCUT2D eigenvalue weighted by Crippen LogP contribution is 2.04. The molecular weight excluding hydrogens is 232 g/mol. The minimum absolute atomic E-state index is 0.725. The van der Waals surface area contributed by atoms with Gasteiger partial charge in [-0.2, -0.15) is 10.1 Å². The molecule has 2 aliphatic rings. The zero-order valence-electron chi connectivity index (χ0n) is 11.2. The topological polar surface area (TPSA) is 53.4 Å². The predicted molar refractivity (Wildman–Crippen MR) is 68.8 cm³/mol. The average molecular weight is 258 g/mol. The Morgan fingerprint density at radius 3 is 1.28 bits per heavy atom. The molecule has 106 valence electrons. The summed E-state index contributed by atoms with van der Waals surface area (Å²) in [5, 5.41) is 22.3. The number of hydrogen-bond acceptors (Lipinski definition) is 6. The van der Waals surface area contributed by atoms with Crippen LogP contribution >= 0.6 is 0 Å². The van der Waals surface area contributed by atoms with Crippen molar-refractivity contribution in [2.75, 3.05) is 65.4 Å². The van der Waals surface area contributed by atoms with E-state index < -0.39 is 0 Å². The second-order valence-corrected chi connectivity index (χ2v) is 5.30. The molecule has 0 spiro atoms. The highest BCUT2D eigenvalue weighted by molar-refractivity contribution is 4.70. The number of hydrogen-bond donors (Lipinski definition) is 2. The van der Waals surface area contributed by atoms with E-state index in [-0.39, 0.29) is 0 Å². The third kappa shape index (κ3) is 4.79. The lowest BCUT2D eigenvalue weighted by Gasteiger charge is -2.33. The van der Waals surface area contributed by atoms with Gasteiger partial charge in [0.15, 0.2) is 0 Å². The van der Waals surface area contributed by atoms with Gasteiger partial charge in [0.25, 0.3) is 0 Å². The van der Waals surface area contributed by atoms with Gasteiger partial charge in [0.05, 0.1) is 0 Å². The van der Waals surface area contributed by atoms with E-state index in [1.807, 2.05) is 0 Å². The minimum Gasteiger partial charge on any atom is -0.314 e. The molecule has 0 amide bonds. The predicted octanol–water partition coefficient (Wildman–Crippen LogP) is -0.220. The Morgan fingerprint density at radius 1 is 0.444 bits per heavy atom. The fourth-order valence-corrected chi connectivity index (χ4v) is 2.64. The standard InChI is InChI=1S/C12H26N4O2/c17-15-5-1-3-13-7-8-14(10-11-15)4-2-6-16(18)12-9-13/h17-18H,1-12H2. The maximum atomic E-state index is 9.73. The molecule has 2 saturated heterocycles. The van der Waals surface area contributed by atoms with Gasteiger partial charge < -0.3 is 20.2 Å². The molecule has 2 fully saturated rings. The van der Waals surface area contributed by atoms with Gasteiger partial charge in [-0.15, -0.1) is 0 Å². The first-order valence-electron chi connectivity index (χ1n) is 7.06. The maximum Gasteiger partial charge on any atom is 0.0365 e. The number of nitrogens with zero attached hydrogens (tertiary/aromatic N) is 4. The minimum atomic E-state index is 0.725. The number of fused-ring (bicyclic) bond motifs is 3. The van der Waals surface area contributed by atoms with E-state index in [9.17, 15) is 10.4 Å². The van der Waals surface area contributed by atoms with Crippen molar-refractivity contribution in [3.8, 4) is 0 Å². The van der Waals surface area contributed by atoms with E-state index in [1.165, 1.54) is 10.1 Å². The molecule has 2 rings (SSSR count). The summed E-state index contributed by atoms with van der Waals surface area (Å²) in [6.45, 7) is 8.90. The van der Waals surface area contributed by atoms with E-state index >= 15 is 0 Å². The van der Waals surface area contributed by atoms with Gasteiger partial charge in [-0.1, -0.05) is 0 Å². The molecule has 2 aliphatic heterocycles. The van der Waals surface area contributed by atoms with Crippen LogP contribution in [0.25, 0.3) is 0 Å². The highest BCUT2D eigenvalue weighted by Gasteiger charge is 2.16. The largest absolute Gasteiger partial charge is 0.314 e. The maximum absolute atomic E-state index is 9.73. The quantitative estimate of drug-likeness (QED) is 0.626. The molecule has 6 heteroatoms. The summed E-state index contributed by atoms with van der Waals surface area (Å²) in [5.41, 5.74) is 0. The first-order valence-corrected chi connectivity index (χ1v) is 7.06. The normalized spacial score (nSPS) is 34.3. The Morgan fingerprint density at radius 2 is 0.833 bits per heavy atom. The Hall–Kier alpha value is -0.240. The summed E-state index contributed by atoms with van der Waals surface area (Å²) in [7, 11) is 0. The highest BCUT2D eigenvalue weighted by atomic mass is 16.5. The second-order valence-electron chi connectivity index (χ2n) is 5.30. The van der Waals surface area contributed by atoms with Crippen molar-refractivity contribution in [3.05, 3.63) is 0 Å². The van der Waals surface area contributed by atoms with Crippen molar-refractivity contribution in [2.45, 2.75) is 12.8 Å². The smallest absolute Gasteiger partial charge is 0.0365 e. The molecular formula is C12H26N4O2. The number of hydroxylamine groups is 4. The van der Waals surface area contributed by atoms with E-state index in [4.69, 9.17) is 0 Å².